The van der Waals surface area contributed by atoms with E-state index in [4.69, 9.17) is 14.1 Å². The van der Waals surface area contributed by atoms with Gasteiger partial charge in [0.25, 0.3) is 0 Å². The fourth-order valence-corrected chi connectivity index (χ4v) is 0. The summed E-state index contributed by atoms with van der Waals surface area (Å²) in [5.74, 6) is -2.76. The predicted octanol–water partition coefficient (Wildman–Crippen LogP) is -0.238. The Morgan fingerprint density at radius 3 is 1.44 bits per heavy atom. The maximum absolute atomic E-state index is 10.6. The molecule has 0 amide bonds. The van der Waals surface area contributed by atoms with Gasteiger partial charge in [-0.3, -0.25) is 4.21 Å². The molecule has 0 radical (unpaired) electrons. The fourth-order valence-electron chi connectivity index (χ4n) is 0. The molecular formula is C2H3F3O3S. The standard InChI is InChI=1S/C2HF3O2.H2OS/c3-2(4,5)1(6)7;1-2/h(H,6,7);2H2. The van der Waals surface area contributed by atoms with E-state index >= 15 is 0 Å². The van der Waals surface area contributed by atoms with Gasteiger partial charge in [0.1, 0.15) is 0 Å². The van der Waals surface area contributed by atoms with Crippen LogP contribution in [0.1, 0.15) is 0 Å². The van der Waals surface area contributed by atoms with Crippen molar-refractivity contribution in [2.75, 3.05) is 0 Å². The minimum atomic E-state index is -5.08. The van der Waals surface area contributed by atoms with Crippen molar-refractivity contribution in [2.24, 2.45) is 0 Å². The van der Waals surface area contributed by atoms with E-state index in [1.54, 1.807) is 12.5 Å². The van der Waals surface area contributed by atoms with Gasteiger partial charge in [-0.2, -0.15) is 13.2 Å². The molecule has 56 valence electrons. The van der Waals surface area contributed by atoms with Crippen LogP contribution in [0.2, 0.25) is 0 Å². The second kappa shape index (κ2) is 4.30. The van der Waals surface area contributed by atoms with E-state index < -0.39 is 12.1 Å². The van der Waals surface area contributed by atoms with Crippen LogP contribution in [-0.2, 0) is 17.3 Å². The monoisotopic (exact) mass is 164 g/mol. The molecule has 0 aliphatic rings. The number of rotatable bonds is 0. The molecule has 0 aromatic heterocycles. The highest BCUT2D eigenvalue weighted by Crippen LogP contribution is 2.13. The molecule has 0 fully saturated rings. The average Bonchev–Trinajstić information content (AvgIpc) is 1.69. The van der Waals surface area contributed by atoms with Crippen LogP contribution < -0.4 is 0 Å². The number of carbonyl (C=O) groups is 1. The molecule has 0 bridgehead atoms. The average molecular weight is 164 g/mol. The van der Waals surface area contributed by atoms with Crippen LogP contribution in [0, 0.1) is 0 Å². The molecule has 0 saturated heterocycles. The highest BCUT2D eigenvalue weighted by molar-refractivity contribution is 7.44. The van der Waals surface area contributed by atoms with Crippen LogP contribution in [0.3, 0.4) is 0 Å². The van der Waals surface area contributed by atoms with Crippen LogP contribution in [0.15, 0.2) is 0 Å². The Balaban J connectivity index is 0. The lowest BCUT2D eigenvalue weighted by Gasteiger charge is -1.93. The summed E-state index contributed by atoms with van der Waals surface area (Å²) in [6.07, 6.45) is -5.08. The molecule has 7 heteroatoms. The summed E-state index contributed by atoms with van der Waals surface area (Å²) in [7, 11) is 0. The molecule has 9 heavy (non-hydrogen) atoms. The Hall–Kier alpha value is -0.590. The molecule has 0 saturated carbocycles. The molecule has 0 unspecified atom stereocenters. The largest absolute Gasteiger partial charge is 0.490 e. The summed E-state index contributed by atoms with van der Waals surface area (Å²) >= 11 is 1.72. The number of aliphatic carboxylic acids is 1. The van der Waals surface area contributed by atoms with Crippen LogP contribution in [0.4, 0.5) is 13.2 Å². The zero-order chi connectivity index (χ0) is 8.08. The molecule has 0 aliphatic heterocycles. The number of hydrogen-bond acceptors (Lipinski definition) is 2. The molecule has 0 aromatic carbocycles. The lowest BCUT2D eigenvalue weighted by atomic mass is 10.7. The topological polar surface area (TPSA) is 54.4 Å². The van der Waals surface area contributed by atoms with E-state index in [9.17, 15) is 13.2 Å². The van der Waals surface area contributed by atoms with Crippen molar-refractivity contribution in [3.8, 4) is 0 Å². The number of alkyl halides is 3. The number of carboxylic acids is 1. The predicted molar refractivity (Wildman–Crippen MR) is 24.6 cm³/mol. The lowest BCUT2D eigenvalue weighted by Crippen LogP contribution is -2.21. The minimum Gasteiger partial charge on any atom is -0.475 e. The summed E-state index contributed by atoms with van der Waals surface area (Å²) in [4.78, 5) is 8.90. The molecule has 0 rings (SSSR count). The van der Waals surface area contributed by atoms with Crippen LogP contribution in [-0.4, -0.2) is 21.5 Å². The van der Waals surface area contributed by atoms with E-state index in [0.29, 0.717) is 0 Å². The SMILES string of the molecule is O=C(O)C(F)(F)F.O=[SH2]. The molecule has 0 spiro atoms. The highest BCUT2D eigenvalue weighted by Gasteiger charge is 2.38. The Bertz CT molecular complexity index is 99.7. The van der Waals surface area contributed by atoms with Gasteiger partial charge in [0, 0.05) is 0 Å². The van der Waals surface area contributed by atoms with Gasteiger partial charge >= 0.3 is 12.1 Å². The second-order valence-corrected chi connectivity index (χ2v) is 0.803. The molecule has 1 N–H and O–H groups in total. The summed E-state index contributed by atoms with van der Waals surface area (Å²) in [5.41, 5.74) is 0. The first-order valence-corrected chi connectivity index (χ1v) is 1.86. The number of hydrogen-bond donors (Lipinski definition) is 1. The van der Waals surface area contributed by atoms with Crippen LogP contribution in [0.5, 0.6) is 0 Å². The highest BCUT2D eigenvalue weighted by atomic mass is 32.1. The van der Waals surface area contributed by atoms with Gasteiger partial charge in [0.15, 0.2) is 0 Å². The summed E-state index contributed by atoms with van der Waals surface area (Å²) in [5, 5.41) is 7.12. The van der Waals surface area contributed by atoms with E-state index in [0.717, 1.165) is 0 Å². The van der Waals surface area contributed by atoms with Gasteiger partial charge in [-0.15, -0.1) is 0 Å². The van der Waals surface area contributed by atoms with E-state index in [1.807, 2.05) is 0 Å². The van der Waals surface area contributed by atoms with Crippen molar-refractivity contribution in [1.82, 2.24) is 0 Å². The Morgan fingerprint density at radius 2 is 1.44 bits per heavy atom. The van der Waals surface area contributed by atoms with E-state index in [-0.39, 0.29) is 0 Å². The van der Waals surface area contributed by atoms with Crippen molar-refractivity contribution >= 4 is 18.5 Å². The third-order valence-electron chi connectivity index (χ3n) is 0.243. The van der Waals surface area contributed by atoms with Crippen molar-refractivity contribution in [1.29, 1.82) is 0 Å². The fraction of sp³-hybridized carbons (Fsp3) is 0.500. The van der Waals surface area contributed by atoms with Crippen molar-refractivity contribution < 1.29 is 27.3 Å². The zero-order valence-electron chi connectivity index (χ0n) is 3.90. The first kappa shape index (κ1) is 11.2. The molecular weight excluding hydrogens is 161 g/mol. The lowest BCUT2D eigenvalue weighted by molar-refractivity contribution is -0.192. The number of carboxylic acid groups (broad SMARTS) is 1. The normalized spacial score (nSPS) is 9.33. The van der Waals surface area contributed by atoms with Crippen molar-refractivity contribution in [3.63, 3.8) is 0 Å². The molecule has 3 nitrogen and oxygen atoms in total. The van der Waals surface area contributed by atoms with Crippen molar-refractivity contribution in [2.45, 2.75) is 6.18 Å². The summed E-state index contributed by atoms with van der Waals surface area (Å²) < 4.78 is 39.8. The molecule has 0 aromatic rings. The van der Waals surface area contributed by atoms with Gasteiger partial charge in [0.05, 0.1) is 0 Å². The quantitative estimate of drug-likeness (QED) is 0.537. The summed E-state index contributed by atoms with van der Waals surface area (Å²) in [6.45, 7) is 0. The van der Waals surface area contributed by atoms with Gasteiger partial charge in [0.2, 0.25) is 0 Å². The first-order chi connectivity index (χ1) is 3.94. The summed E-state index contributed by atoms with van der Waals surface area (Å²) in [6, 6.07) is 0. The smallest absolute Gasteiger partial charge is 0.475 e. The van der Waals surface area contributed by atoms with Gasteiger partial charge in [-0.05, 0) is 12.5 Å². The maximum atomic E-state index is 10.6. The second-order valence-electron chi connectivity index (χ2n) is 0.803. The van der Waals surface area contributed by atoms with Gasteiger partial charge < -0.3 is 5.11 Å². The molecule has 0 heterocycles. The molecule has 0 atom stereocenters. The van der Waals surface area contributed by atoms with E-state index in [1.165, 1.54) is 0 Å². The third-order valence-corrected chi connectivity index (χ3v) is 0.243. The van der Waals surface area contributed by atoms with Crippen LogP contribution in [0.25, 0.3) is 0 Å². The first-order valence-electron chi connectivity index (χ1n) is 1.45. The van der Waals surface area contributed by atoms with Crippen molar-refractivity contribution in [3.05, 3.63) is 0 Å². The van der Waals surface area contributed by atoms with Gasteiger partial charge in [-0.1, -0.05) is 0 Å². The van der Waals surface area contributed by atoms with Gasteiger partial charge in [-0.25, -0.2) is 4.79 Å². The Morgan fingerprint density at radius 1 is 1.33 bits per heavy atom. The Kier molecular flexibility index (Phi) is 5.38. The van der Waals surface area contributed by atoms with Crippen LogP contribution >= 0.6 is 0 Å². The molecule has 0 aliphatic carbocycles. The van der Waals surface area contributed by atoms with E-state index in [2.05, 4.69) is 0 Å². The zero-order valence-corrected chi connectivity index (χ0v) is 4.90. The Labute approximate surface area is 53.0 Å². The minimum absolute atomic E-state index is 1.72. The number of halogens is 3. The maximum Gasteiger partial charge on any atom is 0.490 e. The third kappa shape index (κ3) is 7.41.